The number of hydrogen-bond donors (Lipinski definition) is 1. The van der Waals surface area contributed by atoms with Crippen LogP contribution in [0, 0.1) is 6.92 Å². The highest BCUT2D eigenvalue weighted by atomic mass is 35.5. The summed E-state index contributed by atoms with van der Waals surface area (Å²) < 4.78 is 0. The van der Waals surface area contributed by atoms with Gasteiger partial charge >= 0.3 is 0 Å². The van der Waals surface area contributed by atoms with E-state index in [1.54, 1.807) is 19.1 Å². The van der Waals surface area contributed by atoms with Crippen LogP contribution in [0.3, 0.4) is 0 Å². The zero-order chi connectivity index (χ0) is 9.14. The minimum atomic E-state index is -0.117. The molecular weight excluding hydrogens is 176 g/mol. The Hall–Kier alpha value is -1.02. The van der Waals surface area contributed by atoms with Gasteiger partial charge in [0.25, 0.3) is 0 Å². The number of hydrogen-bond acceptors (Lipinski definition) is 2. The molecule has 3 heteroatoms. The smallest absolute Gasteiger partial charge is 0.177 e. The van der Waals surface area contributed by atoms with Crippen LogP contribution in [0.2, 0.25) is 0 Å². The maximum Gasteiger partial charge on any atom is 0.177 e. The van der Waals surface area contributed by atoms with Gasteiger partial charge in [0.2, 0.25) is 0 Å². The number of phenols is 1. The number of halogens is 1. The number of phenolic OH excluding ortho intramolecular Hbond substituents is 1. The third kappa shape index (κ3) is 1.77. The van der Waals surface area contributed by atoms with Crippen LogP contribution in [0.1, 0.15) is 15.9 Å². The molecule has 64 valence electrons. The number of aromatic hydroxyl groups is 1. The number of carbonyl (C=O) groups is 1. The van der Waals surface area contributed by atoms with Crippen molar-refractivity contribution in [3.05, 3.63) is 29.3 Å². The fourth-order valence-electron chi connectivity index (χ4n) is 1.03. The first-order chi connectivity index (χ1) is 5.65. The van der Waals surface area contributed by atoms with E-state index in [0.29, 0.717) is 5.56 Å². The van der Waals surface area contributed by atoms with Gasteiger partial charge in [-0.2, -0.15) is 0 Å². The van der Waals surface area contributed by atoms with Crippen LogP contribution in [-0.2, 0) is 0 Å². The molecule has 0 aromatic heterocycles. The summed E-state index contributed by atoms with van der Waals surface area (Å²) in [6, 6.07) is 4.60. The van der Waals surface area contributed by atoms with E-state index in [0.717, 1.165) is 5.56 Å². The number of carbonyl (C=O) groups excluding carboxylic acids is 1. The molecule has 1 rings (SSSR count). The molecule has 0 fully saturated rings. The van der Waals surface area contributed by atoms with E-state index in [1.807, 2.05) is 0 Å². The minimum Gasteiger partial charge on any atom is -0.508 e. The van der Waals surface area contributed by atoms with E-state index >= 15 is 0 Å². The standard InChI is InChI=1S/C9H9ClO2/c1-6-4-7(11)2-3-8(6)9(12)5-10/h2-4,11H,5H2,1H3. The second-order valence-electron chi connectivity index (χ2n) is 2.56. The van der Waals surface area contributed by atoms with Gasteiger partial charge in [0, 0.05) is 5.56 Å². The van der Waals surface area contributed by atoms with Gasteiger partial charge in [-0.1, -0.05) is 0 Å². The molecule has 0 spiro atoms. The number of aryl methyl sites for hydroxylation is 1. The van der Waals surface area contributed by atoms with E-state index in [1.165, 1.54) is 6.07 Å². The van der Waals surface area contributed by atoms with Crippen molar-refractivity contribution in [1.29, 1.82) is 0 Å². The Kier molecular flexibility index (Phi) is 2.71. The third-order valence-electron chi connectivity index (χ3n) is 1.63. The SMILES string of the molecule is Cc1cc(O)ccc1C(=O)CCl. The fourth-order valence-corrected chi connectivity index (χ4v) is 1.18. The molecule has 0 unspecified atom stereocenters. The third-order valence-corrected chi connectivity index (χ3v) is 1.87. The second kappa shape index (κ2) is 3.59. The first-order valence-electron chi connectivity index (χ1n) is 3.54. The maximum absolute atomic E-state index is 11.1. The number of ketones is 1. The van der Waals surface area contributed by atoms with E-state index in [4.69, 9.17) is 16.7 Å². The van der Waals surface area contributed by atoms with E-state index in [2.05, 4.69) is 0 Å². The molecule has 0 radical (unpaired) electrons. The topological polar surface area (TPSA) is 37.3 Å². The van der Waals surface area contributed by atoms with Crippen molar-refractivity contribution in [2.45, 2.75) is 6.92 Å². The highest BCUT2D eigenvalue weighted by molar-refractivity contribution is 6.30. The number of alkyl halides is 1. The molecule has 0 heterocycles. The second-order valence-corrected chi connectivity index (χ2v) is 2.82. The Morgan fingerprint density at radius 1 is 1.58 bits per heavy atom. The summed E-state index contributed by atoms with van der Waals surface area (Å²) in [5.41, 5.74) is 1.32. The van der Waals surface area contributed by atoms with E-state index in [9.17, 15) is 4.79 Å². The zero-order valence-electron chi connectivity index (χ0n) is 6.67. The highest BCUT2D eigenvalue weighted by Gasteiger charge is 2.07. The summed E-state index contributed by atoms with van der Waals surface area (Å²) in [5, 5.41) is 9.05. The van der Waals surface area contributed by atoms with Crippen LogP contribution in [0.5, 0.6) is 5.75 Å². The van der Waals surface area contributed by atoms with Crippen LogP contribution in [0.15, 0.2) is 18.2 Å². The molecule has 0 atom stereocenters. The predicted molar refractivity (Wildman–Crippen MR) is 47.9 cm³/mol. The zero-order valence-corrected chi connectivity index (χ0v) is 7.43. The molecule has 0 aliphatic heterocycles. The van der Waals surface area contributed by atoms with Crippen molar-refractivity contribution in [1.82, 2.24) is 0 Å². The summed E-state index contributed by atoms with van der Waals surface area (Å²) in [7, 11) is 0. The van der Waals surface area contributed by atoms with Crippen molar-refractivity contribution in [2.24, 2.45) is 0 Å². The van der Waals surface area contributed by atoms with Gasteiger partial charge in [-0.05, 0) is 30.7 Å². The van der Waals surface area contributed by atoms with Gasteiger partial charge in [-0.15, -0.1) is 11.6 Å². The largest absolute Gasteiger partial charge is 0.508 e. The van der Waals surface area contributed by atoms with Crippen molar-refractivity contribution in [3.8, 4) is 5.75 Å². The van der Waals surface area contributed by atoms with E-state index < -0.39 is 0 Å². The first kappa shape index (κ1) is 9.07. The van der Waals surface area contributed by atoms with E-state index in [-0.39, 0.29) is 17.4 Å². The lowest BCUT2D eigenvalue weighted by atomic mass is 10.1. The summed E-state index contributed by atoms with van der Waals surface area (Å²) in [4.78, 5) is 11.1. The Morgan fingerprint density at radius 2 is 2.25 bits per heavy atom. The number of Topliss-reactive ketones (excluding diaryl/α,β-unsaturated/α-hetero) is 1. The van der Waals surface area contributed by atoms with Crippen molar-refractivity contribution in [2.75, 3.05) is 5.88 Å². The summed E-state index contributed by atoms with van der Waals surface area (Å²) in [5.74, 6) is 0.0267. The Bertz CT molecular complexity index is 307. The molecular formula is C9H9ClO2. The van der Waals surface area contributed by atoms with Crippen LogP contribution in [0.25, 0.3) is 0 Å². The number of benzene rings is 1. The average Bonchev–Trinajstić information content (AvgIpc) is 2.03. The molecule has 0 saturated carbocycles. The Balaban J connectivity index is 3.09. The van der Waals surface area contributed by atoms with Gasteiger partial charge < -0.3 is 5.11 Å². The molecule has 0 bridgehead atoms. The fraction of sp³-hybridized carbons (Fsp3) is 0.222. The van der Waals surface area contributed by atoms with Crippen LogP contribution < -0.4 is 0 Å². The average molecular weight is 185 g/mol. The molecule has 2 nitrogen and oxygen atoms in total. The Labute approximate surface area is 75.8 Å². The lowest BCUT2D eigenvalue weighted by Gasteiger charge is -2.02. The molecule has 1 aromatic carbocycles. The summed E-state index contributed by atoms with van der Waals surface area (Å²) >= 11 is 5.39. The normalized spacial score (nSPS) is 9.83. The molecule has 0 aliphatic rings. The van der Waals surface area contributed by atoms with Crippen molar-refractivity contribution < 1.29 is 9.90 Å². The van der Waals surface area contributed by atoms with Gasteiger partial charge in [-0.3, -0.25) is 4.79 Å². The maximum atomic E-state index is 11.1. The molecule has 0 aliphatic carbocycles. The molecule has 1 aromatic rings. The van der Waals surface area contributed by atoms with Gasteiger partial charge in [-0.25, -0.2) is 0 Å². The summed E-state index contributed by atoms with van der Waals surface area (Å²) in [6.45, 7) is 1.76. The lowest BCUT2D eigenvalue weighted by Crippen LogP contribution is -2.02. The van der Waals surface area contributed by atoms with Crippen molar-refractivity contribution in [3.63, 3.8) is 0 Å². The first-order valence-corrected chi connectivity index (χ1v) is 4.07. The minimum absolute atomic E-state index is 0.0222. The summed E-state index contributed by atoms with van der Waals surface area (Å²) in [6.07, 6.45) is 0. The van der Waals surface area contributed by atoms with Crippen molar-refractivity contribution >= 4 is 17.4 Å². The molecule has 0 amide bonds. The molecule has 0 saturated heterocycles. The highest BCUT2D eigenvalue weighted by Crippen LogP contribution is 2.16. The lowest BCUT2D eigenvalue weighted by molar-refractivity contribution is 0.102. The molecule has 1 N–H and O–H groups in total. The van der Waals surface area contributed by atoms with Crippen LogP contribution >= 0.6 is 11.6 Å². The van der Waals surface area contributed by atoms with Gasteiger partial charge in [0.05, 0.1) is 5.88 Å². The predicted octanol–water partition coefficient (Wildman–Crippen LogP) is 2.12. The monoisotopic (exact) mass is 184 g/mol. The van der Waals surface area contributed by atoms with Crippen LogP contribution in [-0.4, -0.2) is 16.8 Å². The van der Waals surface area contributed by atoms with Gasteiger partial charge in [0.15, 0.2) is 5.78 Å². The molecule has 12 heavy (non-hydrogen) atoms. The Morgan fingerprint density at radius 3 is 2.75 bits per heavy atom. The van der Waals surface area contributed by atoms with Gasteiger partial charge in [0.1, 0.15) is 5.75 Å². The van der Waals surface area contributed by atoms with Crippen LogP contribution in [0.4, 0.5) is 0 Å². The quantitative estimate of drug-likeness (QED) is 0.565. The number of rotatable bonds is 2.